The van der Waals surface area contributed by atoms with E-state index in [0.29, 0.717) is 0 Å². The molecule has 0 amide bonds. The van der Waals surface area contributed by atoms with Crippen LogP contribution in [0.15, 0.2) is 22.7 Å². The minimum absolute atomic E-state index is 0.194. The summed E-state index contributed by atoms with van der Waals surface area (Å²) < 4.78 is 40.9. The largest absolute Gasteiger partial charge is 0.488 e. The second-order valence-corrected chi connectivity index (χ2v) is 3.13. The summed E-state index contributed by atoms with van der Waals surface area (Å²) in [5.74, 6) is -0.238. The number of halogens is 4. The summed E-state index contributed by atoms with van der Waals surface area (Å²) in [7, 11) is 0. The van der Waals surface area contributed by atoms with E-state index in [1.807, 2.05) is 0 Å². The Morgan fingerprint density at radius 1 is 1.38 bits per heavy atom. The number of alkyl halides is 2. The Morgan fingerprint density at radius 3 is 2.62 bits per heavy atom. The topological polar surface area (TPSA) is 9.23 Å². The van der Waals surface area contributed by atoms with Crippen LogP contribution in [-0.2, 0) is 0 Å². The molecule has 0 radical (unpaired) electrons. The second kappa shape index (κ2) is 4.50. The monoisotopic (exact) mass is 254 g/mol. The van der Waals surface area contributed by atoms with E-state index < -0.39 is 18.8 Å². The molecule has 0 unspecified atom stereocenters. The summed E-state index contributed by atoms with van der Waals surface area (Å²) in [5, 5.41) is 0. The molecule has 0 bridgehead atoms. The molecule has 5 heteroatoms. The number of hydrogen-bond donors (Lipinski definition) is 0. The maximum Gasteiger partial charge on any atom is 0.272 e. The van der Waals surface area contributed by atoms with Crippen molar-refractivity contribution in [1.82, 2.24) is 0 Å². The summed E-state index contributed by atoms with van der Waals surface area (Å²) >= 11 is 2.91. The van der Waals surface area contributed by atoms with Crippen LogP contribution < -0.4 is 4.74 Å². The molecule has 13 heavy (non-hydrogen) atoms. The molecule has 0 saturated carbocycles. The first-order valence-corrected chi connectivity index (χ1v) is 4.25. The van der Waals surface area contributed by atoms with E-state index in [-0.39, 0.29) is 10.2 Å². The van der Waals surface area contributed by atoms with Gasteiger partial charge < -0.3 is 4.74 Å². The molecule has 0 spiro atoms. The Balaban J connectivity index is 2.63. The highest BCUT2D eigenvalue weighted by Crippen LogP contribution is 2.21. The molecular weight excluding hydrogens is 249 g/mol. The highest BCUT2D eigenvalue weighted by atomic mass is 79.9. The second-order valence-electron chi connectivity index (χ2n) is 2.28. The fraction of sp³-hybridized carbons (Fsp3) is 0.250. The van der Waals surface area contributed by atoms with Gasteiger partial charge in [0.25, 0.3) is 6.43 Å². The molecule has 0 N–H and O–H groups in total. The fourth-order valence-electron chi connectivity index (χ4n) is 0.726. The lowest BCUT2D eigenvalue weighted by Gasteiger charge is -2.05. The van der Waals surface area contributed by atoms with Crippen molar-refractivity contribution in [2.45, 2.75) is 6.43 Å². The summed E-state index contributed by atoms with van der Waals surface area (Å²) in [5.41, 5.74) is 0. The maximum absolute atomic E-state index is 12.6. The van der Waals surface area contributed by atoms with Crippen LogP contribution in [0.3, 0.4) is 0 Å². The number of rotatable bonds is 3. The normalized spacial score (nSPS) is 10.5. The van der Waals surface area contributed by atoms with Gasteiger partial charge in [0.05, 0.1) is 4.47 Å². The summed E-state index contributed by atoms with van der Waals surface area (Å²) in [6.07, 6.45) is -2.52. The molecule has 0 fully saturated rings. The average molecular weight is 255 g/mol. The lowest BCUT2D eigenvalue weighted by atomic mass is 10.3. The van der Waals surface area contributed by atoms with Gasteiger partial charge in [0.2, 0.25) is 0 Å². The van der Waals surface area contributed by atoms with Crippen LogP contribution in [0.25, 0.3) is 0 Å². The van der Waals surface area contributed by atoms with E-state index in [4.69, 9.17) is 0 Å². The van der Waals surface area contributed by atoms with Crippen molar-refractivity contribution in [2.24, 2.45) is 0 Å². The Hall–Kier alpha value is -0.710. The van der Waals surface area contributed by atoms with Gasteiger partial charge in [0, 0.05) is 0 Å². The van der Waals surface area contributed by atoms with E-state index in [0.717, 1.165) is 6.07 Å². The SMILES string of the molecule is Fc1ccc(OCC(F)F)cc1Br. The van der Waals surface area contributed by atoms with Crippen molar-refractivity contribution in [3.05, 3.63) is 28.5 Å². The molecule has 0 atom stereocenters. The molecule has 1 aromatic carbocycles. The molecule has 72 valence electrons. The van der Waals surface area contributed by atoms with Gasteiger partial charge in [0.15, 0.2) is 0 Å². The van der Waals surface area contributed by atoms with Crippen LogP contribution in [0.2, 0.25) is 0 Å². The minimum atomic E-state index is -2.52. The van der Waals surface area contributed by atoms with Crippen LogP contribution in [0.4, 0.5) is 13.2 Å². The van der Waals surface area contributed by atoms with Gasteiger partial charge in [0.1, 0.15) is 18.2 Å². The molecule has 0 aliphatic rings. The Kier molecular flexibility index (Phi) is 3.59. The Bertz CT molecular complexity index is 291. The summed E-state index contributed by atoms with van der Waals surface area (Å²) in [6.45, 7) is -0.682. The first kappa shape index (κ1) is 10.4. The molecule has 0 aliphatic heterocycles. The van der Waals surface area contributed by atoms with E-state index in [2.05, 4.69) is 20.7 Å². The molecule has 1 rings (SSSR count). The molecule has 0 saturated heterocycles. The zero-order chi connectivity index (χ0) is 9.84. The minimum Gasteiger partial charge on any atom is -0.488 e. The van der Waals surface area contributed by atoms with Gasteiger partial charge in [-0.1, -0.05) is 0 Å². The molecule has 1 aromatic rings. The summed E-state index contributed by atoms with van der Waals surface area (Å²) in [6, 6.07) is 3.74. The first-order valence-electron chi connectivity index (χ1n) is 3.45. The van der Waals surface area contributed by atoms with Crippen LogP contribution in [0, 0.1) is 5.82 Å². The van der Waals surface area contributed by atoms with E-state index >= 15 is 0 Å². The van der Waals surface area contributed by atoms with Crippen LogP contribution in [0.1, 0.15) is 0 Å². The fourth-order valence-corrected chi connectivity index (χ4v) is 1.08. The Morgan fingerprint density at radius 2 is 2.08 bits per heavy atom. The van der Waals surface area contributed by atoms with Crippen molar-refractivity contribution >= 4 is 15.9 Å². The molecule has 1 nitrogen and oxygen atoms in total. The highest BCUT2D eigenvalue weighted by molar-refractivity contribution is 9.10. The van der Waals surface area contributed by atoms with Crippen LogP contribution in [0.5, 0.6) is 5.75 Å². The lowest BCUT2D eigenvalue weighted by molar-refractivity contribution is 0.0818. The van der Waals surface area contributed by atoms with Gasteiger partial charge in [-0.25, -0.2) is 13.2 Å². The highest BCUT2D eigenvalue weighted by Gasteiger charge is 2.05. The smallest absolute Gasteiger partial charge is 0.272 e. The van der Waals surface area contributed by atoms with Crippen molar-refractivity contribution in [3.63, 3.8) is 0 Å². The van der Waals surface area contributed by atoms with E-state index in [1.165, 1.54) is 12.1 Å². The van der Waals surface area contributed by atoms with Crippen molar-refractivity contribution in [3.8, 4) is 5.75 Å². The van der Waals surface area contributed by atoms with Crippen LogP contribution in [-0.4, -0.2) is 13.0 Å². The van der Waals surface area contributed by atoms with Gasteiger partial charge in [-0.3, -0.25) is 0 Å². The number of ether oxygens (including phenoxy) is 1. The van der Waals surface area contributed by atoms with Gasteiger partial charge in [-0.15, -0.1) is 0 Å². The lowest BCUT2D eigenvalue weighted by Crippen LogP contribution is -2.06. The number of hydrogen-bond acceptors (Lipinski definition) is 1. The average Bonchev–Trinajstić information content (AvgIpc) is 2.07. The van der Waals surface area contributed by atoms with Crippen molar-refractivity contribution in [1.29, 1.82) is 0 Å². The predicted octanol–water partition coefficient (Wildman–Crippen LogP) is 3.23. The zero-order valence-corrected chi connectivity index (χ0v) is 8.02. The third kappa shape index (κ3) is 3.26. The predicted molar refractivity (Wildman–Crippen MR) is 45.6 cm³/mol. The quantitative estimate of drug-likeness (QED) is 0.805. The standard InChI is InChI=1S/C8H6BrF3O/c9-6-3-5(1-2-7(6)10)13-4-8(11)12/h1-3,8H,4H2. The molecule has 0 heterocycles. The van der Waals surface area contributed by atoms with Gasteiger partial charge in [-0.2, -0.15) is 0 Å². The third-order valence-corrected chi connectivity index (χ3v) is 1.87. The number of benzene rings is 1. The first-order chi connectivity index (χ1) is 6.09. The van der Waals surface area contributed by atoms with Crippen LogP contribution >= 0.6 is 15.9 Å². The van der Waals surface area contributed by atoms with Crippen molar-refractivity contribution in [2.75, 3.05) is 6.61 Å². The molecule has 0 aliphatic carbocycles. The Labute approximate surface area is 81.6 Å². The third-order valence-electron chi connectivity index (χ3n) is 1.27. The van der Waals surface area contributed by atoms with Gasteiger partial charge in [-0.05, 0) is 34.1 Å². The van der Waals surface area contributed by atoms with E-state index in [9.17, 15) is 13.2 Å². The van der Waals surface area contributed by atoms with Gasteiger partial charge >= 0.3 is 0 Å². The molecular formula is C8H6BrF3O. The maximum atomic E-state index is 12.6. The van der Waals surface area contributed by atoms with E-state index in [1.54, 1.807) is 0 Å². The zero-order valence-electron chi connectivity index (χ0n) is 6.44. The summed E-state index contributed by atoms with van der Waals surface area (Å²) in [4.78, 5) is 0. The molecule has 0 aromatic heterocycles. The van der Waals surface area contributed by atoms with Crippen molar-refractivity contribution < 1.29 is 17.9 Å².